The lowest BCUT2D eigenvalue weighted by Gasteiger charge is -2.27. The van der Waals surface area contributed by atoms with E-state index in [-0.39, 0.29) is 17.4 Å². The first-order valence-electron chi connectivity index (χ1n) is 5.70. The Morgan fingerprint density at radius 2 is 1.69 bits per heavy atom. The van der Waals surface area contributed by atoms with Gasteiger partial charge in [-0.3, -0.25) is 0 Å². The molecular weight excluding hydrogens is 198 g/mol. The largest absolute Gasteiger partial charge is 0.398 e. The van der Waals surface area contributed by atoms with Gasteiger partial charge in [0.1, 0.15) is 0 Å². The van der Waals surface area contributed by atoms with Crippen molar-refractivity contribution in [1.29, 1.82) is 0 Å². The average Bonchev–Trinajstić information content (AvgIpc) is 2.16. The van der Waals surface area contributed by atoms with Crippen LogP contribution in [0.25, 0.3) is 0 Å². The van der Waals surface area contributed by atoms with Crippen LogP contribution >= 0.6 is 0 Å². The van der Waals surface area contributed by atoms with Gasteiger partial charge in [0.25, 0.3) is 0 Å². The molecule has 1 aromatic rings. The van der Waals surface area contributed by atoms with Gasteiger partial charge in [0.05, 0.1) is 6.61 Å². The van der Waals surface area contributed by atoms with Gasteiger partial charge >= 0.3 is 0 Å². The van der Waals surface area contributed by atoms with Gasteiger partial charge in [-0.05, 0) is 22.6 Å². The number of nitrogens with two attached hydrogens (primary N) is 1. The molecule has 0 aliphatic heterocycles. The van der Waals surface area contributed by atoms with E-state index in [4.69, 9.17) is 5.73 Å². The number of rotatable bonds is 2. The number of hydrogen-bond acceptors (Lipinski definition) is 2. The van der Waals surface area contributed by atoms with E-state index in [1.807, 2.05) is 19.9 Å². The van der Waals surface area contributed by atoms with Crippen molar-refractivity contribution >= 4 is 5.69 Å². The lowest BCUT2D eigenvalue weighted by molar-refractivity contribution is 0.219. The second kappa shape index (κ2) is 4.10. The van der Waals surface area contributed by atoms with Crippen LogP contribution in [0.5, 0.6) is 0 Å². The molecule has 0 unspecified atom stereocenters. The molecule has 2 heteroatoms. The summed E-state index contributed by atoms with van der Waals surface area (Å²) in [7, 11) is 0. The van der Waals surface area contributed by atoms with Crippen molar-refractivity contribution in [3.8, 4) is 0 Å². The molecule has 0 aromatic heterocycles. The fourth-order valence-electron chi connectivity index (χ4n) is 1.69. The van der Waals surface area contributed by atoms with Gasteiger partial charge in [-0.1, -0.05) is 46.8 Å². The molecule has 0 radical (unpaired) electrons. The van der Waals surface area contributed by atoms with Crippen LogP contribution in [-0.2, 0) is 10.8 Å². The van der Waals surface area contributed by atoms with Crippen molar-refractivity contribution in [2.24, 2.45) is 0 Å². The van der Waals surface area contributed by atoms with Crippen LogP contribution in [0.15, 0.2) is 18.2 Å². The summed E-state index contributed by atoms with van der Waals surface area (Å²) in [6.07, 6.45) is 0. The monoisotopic (exact) mass is 221 g/mol. The third-order valence-corrected chi connectivity index (χ3v) is 3.04. The van der Waals surface area contributed by atoms with Crippen LogP contribution in [-0.4, -0.2) is 11.7 Å². The Morgan fingerprint density at radius 1 is 1.12 bits per heavy atom. The van der Waals surface area contributed by atoms with Crippen molar-refractivity contribution in [2.75, 3.05) is 12.3 Å². The van der Waals surface area contributed by atoms with E-state index in [1.165, 1.54) is 5.56 Å². The minimum Gasteiger partial charge on any atom is -0.398 e. The van der Waals surface area contributed by atoms with Gasteiger partial charge in [0.15, 0.2) is 0 Å². The van der Waals surface area contributed by atoms with Gasteiger partial charge in [-0.15, -0.1) is 0 Å². The number of anilines is 1. The minimum absolute atomic E-state index is 0.102. The molecule has 3 N–H and O–H groups in total. The molecule has 0 fully saturated rings. The first-order valence-corrected chi connectivity index (χ1v) is 5.70. The number of aliphatic hydroxyl groups excluding tert-OH is 1. The Bertz CT molecular complexity index is 375. The summed E-state index contributed by atoms with van der Waals surface area (Å²) < 4.78 is 0. The first kappa shape index (κ1) is 13.0. The summed E-state index contributed by atoms with van der Waals surface area (Å²) in [6.45, 7) is 10.6. The highest BCUT2D eigenvalue weighted by Gasteiger charge is 2.24. The second-order valence-electron chi connectivity index (χ2n) is 6.09. The molecule has 0 aliphatic carbocycles. The topological polar surface area (TPSA) is 46.2 Å². The van der Waals surface area contributed by atoms with Crippen molar-refractivity contribution in [1.82, 2.24) is 0 Å². The van der Waals surface area contributed by atoms with Crippen molar-refractivity contribution < 1.29 is 5.11 Å². The van der Waals surface area contributed by atoms with E-state index in [0.29, 0.717) is 0 Å². The number of aliphatic hydroxyl groups is 1. The number of benzene rings is 1. The van der Waals surface area contributed by atoms with Gasteiger partial charge in [-0.25, -0.2) is 0 Å². The zero-order valence-corrected chi connectivity index (χ0v) is 11.0. The van der Waals surface area contributed by atoms with Crippen molar-refractivity contribution in [3.63, 3.8) is 0 Å². The molecule has 0 aliphatic rings. The molecule has 90 valence electrons. The number of hydrogen-bond donors (Lipinski definition) is 2. The van der Waals surface area contributed by atoms with Crippen LogP contribution in [0, 0.1) is 0 Å². The van der Waals surface area contributed by atoms with Crippen molar-refractivity contribution in [3.05, 3.63) is 29.3 Å². The fraction of sp³-hybridized carbons (Fsp3) is 0.571. The lowest BCUT2D eigenvalue weighted by atomic mass is 9.79. The third-order valence-electron chi connectivity index (χ3n) is 3.04. The Balaban J connectivity index is 3.30. The Kier molecular flexibility index (Phi) is 3.34. The molecule has 0 saturated carbocycles. The molecule has 2 nitrogen and oxygen atoms in total. The summed E-state index contributed by atoms with van der Waals surface area (Å²) in [5.41, 5.74) is 8.84. The molecule has 0 heterocycles. The summed E-state index contributed by atoms with van der Waals surface area (Å²) >= 11 is 0. The normalized spacial score (nSPS) is 12.9. The SMILES string of the molecule is CC(C)(C)c1ccc(N)c(C(C)(C)CO)c1. The molecule has 1 aromatic carbocycles. The van der Waals surface area contributed by atoms with E-state index in [2.05, 4.69) is 32.9 Å². The van der Waals surface area contributed by atoms with Crippen molar-refractivity contribution in [2.45, 2.75) is 45.4 Å². The standard InChI is InChI=1S/C14H23NO/c1-13(2,3)10-6-7-12(15)11(8-10)14(4,5)9-16/h6-8,16H,9,15H2,1-5H3. The molecule has 0 bridgehead atoms. The maximum atomic E-state index is 9.41. The van der Waals surface area contributed by atoms with E-state index in [0.717, 1.165) is 11.3 Å². The van der Waals surface area contributed by atoms with Gasteiger partial charge < -0.3 is 10.8 Å². The maximum Gasteiger partial charge on any atom is 0.0523 e. The molecule has 0 atom stereocenters. The zero-order chi connectivity index (χ0) is 12.6. The van der Waals surface area contributed by atoms with E-state index >= 15 is 0 Å². The van der Waals surface area contributed by atoms with Crippen LogP contribution in [0.4, 0.5) is 5.69 Å². The van der Waals surface area contributed by atoms with Crippen LogP contribution in [0.1, 0.15) is 45.7 Å². The highest BCUT2D eigenvalue weighted by Crippen LogP contribution is 2.32. The summed E-state index contributed by atoms with van der Waals surface area (Å²) in [5, 5.41) is 9.41. The molecule has 0 spiro atoms. The lowest BCUT2D eigenvalue weighted by Crippen LogP contribution is -2.24. The minimum atomic E-state index is -0.286. The summed E-state index contributed by atoms with van der Waals surface area (Å²) in [4.78, 5) is 0. The average molecular weight is 221 g/mol. The Labute approximate surface area is 98.5 Å². The maximum absolute atomic E-state index is 9.41. The van der Waals surface area contributed by atoms with Crippen LogP contribution in [0.2, 0.25) is 0 Å². The van der Waals surface area contributed by atoms with E-state index in [1.54, 1.807) is 0 Å². The van der Waals surface area contributed by atoms with E-state index < -0.39 is 0 Å². The molecular formula is C14H23NO. The second-order valence-corrected chi connectivity index (χ2v) is 6.09. The summed E-state index contributed by atoms with van der Waals surface area (Å²) in [5.74, 6) is 0. The van der Waals surface area contributed by atoms with Gasteiger partial charge in [0, 0.05) is 11.1 Å². The van der Waals surface area contributed by atoms with Crippen LogP contribution < -0.4 is 5.73 Å². The molecule has 1 rings (SSSR count). The zero-order valence-electron chi connectivity index (χ0n) is 11.0. The third kappa shape index (κ3) is 2.56. The Morgan fingerprint density at radius 3 is 2.12 bits per heavy atom. The Hall–Kier alpha value is -1.02. The fourth-order valence-corrected chi connectivity index (χ4v) is 1.69. The van der Waals surface area contributed by atoms with Gasteiger partial charge in [0.2, 0.25) is 0 Å². The van der Waals surface area contributed by atoms with E-state index in [9.17, 15) is 5.11 Å². The molecule has 0 amide bonds. The highest BCUT2D eigenvalue weighted by molar-refractivity contribution is 5.53. The van der Waals surface area contributed by atoms with Gasteiger partial charge in [-0.2, -0.15) is 0 Å². The highest BCUT2D eigenvalue weighted by atomic mass is 16.3. The van der Waals surface area contributed by atoms with Crippen LogP contribution in [0.3, 0.4) is 0 Å². The first-order chi connectivity index (χ1) is 7.18. The predicted octanol–water partition coefficient (Wildman–Crippen LogP) is 2.84. The molecule has 0 saturated heterocycles. The molecule has 16 heavy (non-hydrogen) atoms. The predicted molar refractivity (Wildman–Crippen MR) is 69.7 cm³/mol. The summed E-state index contributed by atoms with van der Waals surface area (Å²) in [6, 6.07) is 6.12. The quantitative estimate of drug-likeness (QED) is 0.754. The smallest absolute Gasteiger partial charge is 0.0523 e. The number of nitrogen functional groups attached to an aromatic ring is 1.